The largest absolute Gasteiger partial charge is 0.478 e. The van der Waals surface area contributed by atoms with Crippen molar-refractivity contribution in [3.63, 3.8) is 0 Å². The molecule has 0 fully saturated rings. The van der Waals surface area contributed by atoms with Gasteiger partial charge in [-0.25, -0.2) is 18.6 Å². The van der Waals surface area contributed by atoms with E-state index in [0.717, 1.165) is 0 Å². The molecule has 1 aromatic heterocycles. The summed E-state index contributed by atoms with van der Waals surface area (Å²) in [6.07, 6.45) is -1.61. The Balaban J connectivity index is 3.50. The molecular formula is C8H6BrF2NO2. The smallest absolute Gasteiger partial charge is 0.338 e. The number of carboxylic acid groups (broad SMARTS) is 1. The highest BCUT2D eigenvalue weighted by Gasteiger charge is 2.23. The number of alkyl halides is 2. The average molecular weight is 266 g/mol. The highest BCUT2D eigenvalue weighted by Crippen LogP contribution is 2.29. The second-order valence-electron chi connectivity index (χ2n) is 2.63. The average Bonchev–Trinajstić information content (AvgIpc) is 2.07. The number of carboxylic acids is 1. The zero-order chi connectivity index (χ0) is 10.9. The maximum atomic E-state index is 12.5. The molecule has 0 aliphatic carbocycles. The second-order valence-corrected chi connectivity index (χ2v) is 3.38. The minimum Gasteiger partial charge on any atom is -0.478 e. The van der Waals surface area contributed by atoms with E-state index in [1.54, 1.807) is 0 Å². The number of hydrogen-bond donors (Lipinski definition) is 1. The molecule has 0 unspecified atom stereocenters. The Labute approximate surface area is 86.9 Å². The summed E-state index contributed by atoms with van der Waals surface area (Å²) < 4.78 is 25.0. The van der Waals surface area contributed by atoms with Gasteiger partial charge in [0, 0.05) is 11.8 Å². The monoisotopic (exact) mass is 265 g/mol. The summed E-state index contributed by atoms with van der Waals surface area (Å²) >= 11 is 2.82. The lowest BCUT2D eigenvalue weighted by atomic mass is 10.1. The molecule has 0 spiro atoms. The van der Waals surface area contributed by atoms with E-state index in [2.05, 4.69) is 20.9 Å². The number of aromatic carboxylic acids is 1. The Morgan fingerprint density at radius 1 is 1.64 bits per heavy atom. The molecule has 0 atom stereocenters. The predicted molar refractivity (Wildman–Crippen MR) is 48.6 cm³/mol. The SMILES string of the molecule is Cc1cnc(Br)c(C(=O)O)c1C(F)F. The predicted octanol–water partition coefficient (Wildman–Crippen LogP) is 2.79. The van der Waals surface area contributed by atoms with Crippen molar-refractivity contribution in [3.8, 4) is 0 Å². The summed E-state index contributed by atoms with van der Waals surface area (Å²) in [6, 6.07) is 0. The second kappa shape index (κ2) is 4.00. The molecule has 6 heteroatoms. The Morgan fingerprint density at radius 2 is 2.21 bits per heavy atom. The maximum absolute atomic E-state index is 12.5. The third kappa shape index (κ3) is 1.89. The molecule has 0 aromatic carbocycles. The van der Waals surface area contributed by atoms with E-state index in [4.69, 9.17) is 5.11 Å². The van der Waals surface area contributed by atoms with Gasteiger partial charge in [0.25, 0.3) is 6.43 Å². The van der Waals surface area contributed by atoms with Crippen LogP contribution in [0.2, 0.25) is 0 Å². The number of aromatic nitrogens is 1. The van der Waals surface area contributed by atoms with Gasteiger partial charge in [-0.2, -0.15) is 0 Å². The van der Waals surface area contributed by atoms with Gasteiger partial charge < -0.3 is 5.11 Å². The van der Waals surface area contributed by atoms with Crippen LogP contribution in [-0.4, -0.2) is 16.1 Å². The number of rotatable bonds is 2. The first-order valence-electron chi connectivity index (χ1n) is 3.61. The minimum absolute atomic E-state index is 0.0779. The van der Waals surface area contributed by atoms with Crippen LogP contribution in [0.4, 0.5) is 8.78 Å². The van der Waals surface area contributed by atoms with Crippen molar-refractivity contribution >= 4 is 21.9 Å². The summed E-state index contributed by atoms with van der Waals surface area (Å²) in [7, 11) is 0. The van der Waals surface area contributed by atoms with Crippen LogP contribution in [0.25, 0.3) is 0 Å². The fourth-order valence-electron chi connectivity index (χ4n) is 1.08. The van der Waals surface area contributed by atoms with Gasteiger partial charge in [-0.3, -0.25) is 0 Å². The molecule has 76 valence electrons. The van der Waals surface area contributed by atoms with Crippen molar-refractivity contribution in [2.24, 2.45) is 0 Å². The van der Waals surface area contributed by atoms with E-state index >= 15 is 0 Å². The number of carbonyl (C=O) groups is 1. The van der Waals surface area contributed by atoms with Gasteiger partial charge >= 0.3 is 5.97 Å². The molecule has 0 saturated heterocycles. The summed E-state index contributed by atoms with van der Waals surface area (Å²) in [5.41, 5.74) is -0.792. The lowest BCUT2D eigenvalue weighted by Gasteiger charge is -2.09. The van der Waals surface area contributed by atoms with Crippen LogP contribution in [0.5, 0.6) is 0 Å². The Kier molecular flexibility index (Phi) is 3.15. The van der Waals surface area contributed by atoms with Gasteiger partial charge in [-0.1, -0.05) is 0 Å². The van der Waals surface area contributed by atoms with Crippen molar-refractivity contribution in [3.05, 3.63) is 27.5 Å². The maximum Gasteiger partial charge on any atom is 0.338 e. The van der Waals surface area contributed by atoms with Gasteiger partial charge in [0.2, 0.25) is 0 Å². The van der Waals surface area contributed by atoms with Crippen LogP contribution < -0.4 is 0 Å². The summed E-state index contributed by atoms with van der Waals surface area (Å²) in [5, 5.41) is 8.72. The molecule has 0 aliphatic rings. The molecule has 1 rings (SSSR count). The van der Waals surface area contributed by atoms with Crippen molar-refractivity contribution in [2.75, 3.05) is 0 Å². The number of pyridine rings is 1. The van der Waals surface area contributed by atoms with E-state index in [-0.39, 0.29) is 10.2 Å². The van der Waals surface area contributed by atoms with Gasteiger partial charge in [-0.15, -0.1) is 0 Å². The molecule has 0 bridgehead atoms. The molecule has 14 heavy (non-hydrogen) atoms. The zero-order valence-electron chi connectivity index (χ0n) is 7.09. The molecule has 0 radical (unpaired) electrons. The molecule has 0 amide bonds. The molecule has 0 aliphatic heterocycles. The van der Waals surface area contributed by atoms with Crippen LogP contribution >= 0.6 is 15.9 Å². The third-order valence-corrected chi connectivity index (χ3v) is 2.31. The van der Waals surface area contributed by atoms with Crippen molar-refractivity contribution in [1.82, 2.24) is 4.98 Å². The lowest BCUT2D eigenvalue weighted by molar-refractivity contribution is 0.0682. The standard InChI is InChI=1S/C8H6BrF2NO2/c1-3-2-12-6(9)5(8(13)14)4(3)7(10)11/h2,7H,1H3,(H,13,14). The number of halogens is 3. The van der Waals surface area contributed by atoms with E-state index in [0.29, 0.717) is 0 Å². The number of aryl methyl sites for hydroxylation is 1. The van der Waals surface area contributed by atoms with Crippen LogP contribution in [0, 0.1) is 6.92 Å². The number of nitrogens with zero attached hydrogens (tertiary/aromatic N) is 1. The Morgan fingerprint density at radius 3 is 2.57 bits per heavy atom. The first-order valence-corrected chi connectivity index (χ1v) is 4.41. The van der Waals surface area contributed by atoms with Gasteiger partial charge in [0.1, 0.15) is 10.2 Å². The first-order chi connectivity index (χ1) is 6.45. The fourth-order valence-corrected chi connectivity index (χ4v) is 1.57. The molecule has 0 saturated carbocycles. The summed E-state index contributed by atoms with van der Waals surface area (Å²) in [4.78, 5) is 14.3. The highest BCUT2D eigenvalue weighted by atomic mass is 79.9. The summed E-state index contributed by atoms with van der Waals surface area (Å²) in [6.45, 7) is 1.40. The lowest BCUT2D eigenvalue weighted by Crippen LogP contribution is -2.07. The molecule has 1 aromatic rings. The van der Waals surface area contributed by atoms with Gasteiger partial charge in [0.15, 0.2) is 0 Å². The molecule has 3 nitrogen and oxygen atoms in total. The van der Waals surface area contributed by atoms with Gasteiger partial charge in [-0.05, 0) is 28.4 Å². The molecule has 1 heterocycles. The first kappa shape index (κ1) is 11.0. The highest BCUT2D eigenvalue weighted by molar-refractivity contribution is 9.10. The minimum atomic E-state index is -2.82. The Hall–Kier alpha value is -1.04. The van der Waals surface area contributed by atoms with Gasteiger partial charge in [0.05, 0.1) is 0 Å². The van der Waals surface area contributed by atoms with E-state index in [1.807, 2.05) is 0 Å². The molecule has 1 N–H and O–H groups in total. The van der Waals surface area contributed by atoms with Crippen molar-refractivity contribution < 1.29 is 18.7 Å². The third-order valence-electron chi connectivity index (χ3n) is 1.70. The van der Waals surface area contributed by atoms with E-state index < -0.39 is 23.5 Å². The van der Waals surface area contributed by atoms with Crippen LogP contribution in [0.1, 0.15) is 27.9 Å². The normalized spacial score (nSPS) is 10.6. The molecular weight excluding hydrogens is 260 g/mol. The quantitative estimate of drug-likeness (QED) is 0.837. The van der Waals surface area contributed by atoms with Crippen LogP contribution in [-0.2, 0) is 0 Å². The number of hydrogen-bond acceptors (Lipinski definition) is 2. The van der Waals surface area contributed by atoms with Crippen molar-refractivity contribution in [1.29, 1.82) is 0 Å². The van der Waals surface area contributed by atoms with Crippen LogP contribution in [0.3, 0.4) is 0 Å². The topological polar surface area (TPSA) is 50.2 Å². The fraction of sp³-hybridized carbons (Fsp3) is 0.250. The zero-order valence-corrected chi connectivity index (χ0v) is 8.68. The van der Waals surface area contributed by atoms with E-state index in [9.17, 15) is 13.6 Å². The van der Waals surface area contributed by atoms with E-state index in [1.165, 1.54) is 13.1 Å². The summed E-state index contributed by atoms with van der Waals surface area (Å²) in [5.74, 6) is -1.41. The Bertz CT molecular complexity index is 382. The van der Waals surface area contributed by atoms with Crippen LogP contribution in [0.15, 0.2) is 10.8 Å². The van der Waals surface area contributed by atoms with Crippen molar-refractivity contribution in [2.45, 2.75) is 13.3 Å².